The first-order valence-corrected chi connectivity index (χ1v) is 12.3. The zero-order chi connectivity index (χ0) is 22.5. The standard InChI is InChI=1S/C31H20N2S/c1-2-8-21(9-3-1)22-14-17-24(18-15-22)33-29-13-7-6-12-28(29)32-31(33)27-20-34-30-25-11-5-4-10-23(25)16-19-26(27)30/h1-20H. The lowest BCUT2D eigenvalue weighted by atomic mass is 10.0. The van der Waals surface area contributed by atoms with Gasteiger partial charge in [0.2, 0.25) is 0 Å². The minimum Gasteiger partial charge on any atom is -0.292 e. The maximum absolute atomic E-state index is 5.11. The number of thiophene rings is 1. The Labute approximate surface area is 201 Å². The predicted molar refractivity (Wildman–Crippen MR) is 145 cm³/mol. The summed E-state index contributed by atoms with van der Waals surface area (Å²) < 4.78 is 3.60. The van der Waals surface area contributed by atoms with Crippen molar-refractivity contribution in [2.75, 3.05) is 0 Å². The molecule has 160 valence electrons. The molecule has 7 aromatic rings. The van der Waals surface area contributed by atoms with Crippen molar-refractivity contribution in [2.24, 2.45) is 0 Å². The molecule has 7 rings (SSSR count). The summed E-state index contributed by atoms with van der Waals surface area (Å²) in [5.74, 6) is 0.982. The highest BCUT2D eigenvalue weighted by Gasteiger charge is 2.18. The van der Waals surface area contributed by atoms with Crippen LogP contribution >= 0.6 is 11.3 Å². The number of hydrogen-bond donors (Lipinski definition) is 0. The van der Waals surface area contributed by atoms with Crippen molar-refractivity contribution in [2.45, 2.75) is 0 Å². The molecule has 0 spiro atoms. The molecule has 0 saturated carbocycles. The third-order valence-corrected chi connectivity index (χ3v) is 7.53. The van der Waals surface area contributed by atoms with Gasteiger partial charge < -0.3 is 0 Å². The Morgan fingerprint density at radius 3 is 2.21 bits per heavy atom. The molecular weight excluding hydrogens is 432 g/mol. The first-order chi connectivity index (χ1) is 16.9. The molecule has 34 heavy (non-hydrogen) atoms. The van der Waals surface area contributed by atoms with Crippen molar-refractivity contribution in [1.29, 1.82) is 0 Å². The van der Waals surface area contributed by atoms with E-state index < -0.39 is 0 Å². The van der Waals surface area contributed by atoms with Crippen LogP contribution in [0.1, 0.15) is 0 Å². The largest absolute Gasteiger partial charge is 0.292 e. The summed E-state index contributed by atoms with van der Waals surface area (Å²) in [5.41, 5.74) is 6.84. The van der Waals surface area contributed by atoms with E-state index in [1.165, 1.54) is 37.5 Å². The highest BCUT2D eigenvalue weighted by atomic mass is 32.1. The van der Waals surface area contributed by atoms with E-state index in [-0.39, 0.29) is 0 Å². The van der Waals surface area contributed by atoms with E-state index >= 15 is 0 Å². The summed E-state index contributed by atoms with van der Waals surface area (Å²) in [6.07, 6.45) is 0. The first kappa shape index (κ1) is 19.3. The fraction of sp³-hybridized carbons (Fsp3) is 0. The fourth-order valence-electron chi connectivity index (χ4n) is 4.84. The number of para-hydroxylation sites is 2. The average molecular weight is 453 g/mol. The highest BCUT2D eigenvalue weighted by molar-refractivity contribution is 7.18. The molecule has 0 radical (unpaired) electrons. The first-order valence-electron chi connectivity index (χ1n) is 11.4. The lowest BCUT2D eigenvalue weighted by molar-refractivity contribution is 1.11. The normalized spacial score (nSPS) is 11.5. The third-order valence-electron chi connectivity index (χ3n) is 6.50. The second-order valence-corrected chi connectivity index (χ2v) is 9.36. The van der Waals surface area contributed by atoms with E-state index in [4.69, 9.17) is 4.98 Å². The molecular formula is C31H20N2S. The van der Waals surface area contributed by atoms with Crippen LogP contribution in [-0.4, -0.2) is 9.55 Å². The van der Waals surface area contributed by atoms with E-state index in [2.05, 4.69) is 125 Å². The van der Waals surface area contributed by atoms with Crippen molar-refractivity contribution in [1.82, 2.24) is 9.55 Å². The maximum Gasteiger partial charge on any atom is 0.147 e. The van der Waals surface area contributed by atoms with Gasteiger partial charge in [-0.1, -0.05) is 91.0 Å². The fourth-order valence-corrected chi connectivity index (χ4v) is 5.92. The summed E-state index contributed by atoms with van der Waals surface area (Å²) in [6, 6.07) is 40.8. The summed E-state index contributed by atoms with van der Waals surface area (Å²) in [5, 5.41) is 6.08. The Kier molecular flexibility index (Phi) is 4.36. The molecule has 2 aromatic heterocycles. The molecule has 0 amide bonds. The Balaban J connectivity index is 1.45. The van der Waals surface area contributed by atoms with Crippen LogP contribution < -0.4 is 0 Å². The summed E-state index contributed by atoms with van der Waals surface area (Å²) in [7, 11) is 0. The molecule has 0 fully saturated rings. The van der Waals surface area contributed by atoms with Gasteiger partial charge in [0.15, 0.2) is 0 Å². The van der Waals surface area contributed by atoms with E-state index in [1.54, 1.807) is 11.3 Å². The van der Waals surface area contributed by atoms with Crippen LogP contribution in [0.2, 0.25) is 0 Å². The molecule has 0 aliphatic carbocycles. The van der Waals surface area contributed by atoms with E-state index in [0.717, 1.165) is 22.5 Å². The van der Waals surface area contributed by atoms with Crippen LogP contribution in [-0.2, 0) is 0 Å². The average Bonchev–Trinajstić information content (AvgIpc) is 3.51. The van der Waals surface area contributed by atoms with E-state index in [1.807, 2.05) is 0 Å². The summed E-state index contributed by atoms with van der Waals surface area (Å²) in [6.45, 7) is 0. The second kappa shape index (κ2) is 7.68. The molecule has 2 nitrogen and oxygen atoms in total. The van der Waals surface area contributed by atoms with Gasteiger partial charge >= 0.3 is 0 Å². The Morgan fingerprint density at radius 2 is 1.32 bits per heavy atom. The molecule has 0 atom stereocenters. The van der Waals surface area contributed by atoms with Crippen molar-refractivity contribution in [3.05, 3.63) is 121 Å². The quantitative estimate of drug-likeness (QED) is 0.262. The number of benzene rings is 5. The smallest absolute Gasteiger partial charge is 0.147 e. The van der Waals surface area contributed by atoms with Gasteiger partial charge in [-0.3, -0.25) is 4.57 Å². The number of fused-ring (bicyclic) bond motifs is 4. The third kappa shape index (κ3) is 2.98. The SMILES string of the molecule is c1ccc(-c2ccc(-n3c(-c4csc5c4ccc4ccccc45)nc4ccccc43)cc2)cc1. The van der Waals surface area contributed by atoms with Gasteiger partial charge in [-0.2, -0.15) is 0 Å². The zero-order valence-electron chi connectivity index (χ0n) is 18.3. The number of hydrogen-bond acceptors (Lipinski definition) is 2. The van der Waals surface area contributed by atoms with E-state index in [9.17, 15) is 0 Å². The molecule has 0 aliphatic rings. The lowest BCUT2D eigenvalue weighted by Crippen LogP contribution is -1.97. The number of nitrogens with zero attached hydrogens (tertiary/aromatic N) is 2. The molecule has 0 aliphatic heterocycles. The minimum absolute atomic E-state index is 0.982. The van der Waals surface area contributed by atoms with Crippen LogP contribution in [0.3, 0.4) is 0 Å². The van der Waals surface area contributed by atoms with Gasteiger partial charge in [0.05, 0.1) is 11.0 Å². The molecule has 5 aromatic carbocycles. The van der Waals surface area contributed by atoms with E-state index in [0.29, 0.717) is 0 Å². The van der Waals surface area contributed by atoms with Gasteiger partial charge in [-0.25, -0.2) is 4.98 Å². The number of aromatic nitrogens is 2. The highest BCUT2D eigenvalue weighted by Crippen LogP contribution is 2.40. The Morgan fingerprint density at radius 1 is 0.588 bits per heavy atom. The molecule has 0 bridgehead atoms. The maximum atomic E-state index is 5.11. The molecule has 0 unspecified atom stereocenters. The second-order valence-electron chi connectivity index (χ2n) is 8.49. The topological polar surface area (TPSA) is 17.8 Å². The van der Waals surface area contributed by atoms with Gasteiger partial charge in [-0.05, 0) is 46.2 Å². The van der Waals surface area contributed by atoms with Crippen molar-refractivity contribution in [3.63, 3.8) is 0 Å². The number of rotatable bonds is 3. The lowest BCUT2D eigenvalue weighted by Gasteiger charge is -2.11. The number of imidazole rings is 1. The van der Waals surface area contributed by atoms with Gasteiger partial charge in [-0.15, -0.1) is 11.3 Å². The van der Waals surface area contributed by atoms with Crippen LogP contribution in [0.4, 0.5) is 0 Å². The van der Waals surface area contributed by atoms with Crippen LogP contribution in [0.25, 0.3) is 60.1 Å². The van der Waals surface area contributed by atoms with Gasteiger partial charge in [0.1, 0.15) is 5.82 Å². The van der Waals surface area contributed by atoms with Crippen LogP contribution in [0.5, 0.6) is 0 Å². The van der Waals surface area contributed by atoms with Crippen molar-refractivity contribution in [3.8, 4) is 28.2 Å². The summed E-state index contributed by atoms with van der Waals surface area (Å²) in [4.78, 5) is 5.11. The van der Waals surface area contributed by atoms with Gasteiger partial charge in [0.25, 0.3) is 0 Å². The molecule has 3 heteroatoms. The zero-order valence-corrected chi connectivity index (χ0v) is 19.2. The van der Waals surface area contributed by atoms with Crippen LogP contribution in [0, 0.1) is 0 Å². The molecule has 0 N–H and O–H groups in total. The monoisotopic (exact) mass is 452 g/mol. The Bertz CT molecular complexity index is 1790. The van der Waals surface area contributed by atoms with Crippen LogP contribution in [0.15, 0.2) is 121 Å². The summed E-state index contributed by atoms with van der Waals surface area (Å²) >= 11 is 1.80. The minimum atomic E-state index is 0.982. The van der Waals surface area contributed by atoms with Gasteiger partial charge in [0, 0.05) is 26.7 Å². The molecule has 0 saturated heterocycles. The van der Waals surface area contributed by atoms with Crippen molar-refractivity contribution < 1.29 is 0 Å². The Hall–Kier alpha value is -4.21. The predicted octanol–water partition coefficient (Wildman–Crippen LogP) is 8.73. The van der Waals surface area contributed by atoms with Crippen molar-refractivity contribution >= 4 is 43.2 Å². The molecule has 2 heterocycles.